The van der Waals surface area contributed by atoms with E-state index in [1.807, 2.05) is 25.1 Å². The van der Waals surface area contributed by atoms with Gasteiger partial charge in [0.25, 0.3) is 0 Å². The quantitative estimate of drug-likeness (QED) is 0.424. The lowest BCUT2D eigenvalue weighted by molar-refractivity contribution is -0.138. The fourth-order valence-electron chi connectivity index (χ4n) is 3.36. The van der Waals surface area contributed by atoms with Gasteiger partial charge in [-0.05, 0) is 25.5 Å². The molecule has 0 bridgehead atoms. The first kappa shape index (κ1) is 23.2. The van der Waals surface area contributed by atoms with Crippen LogP contribution in [0.5, 0.6) is 11.5 Å². The Balaban J connectivity index is 2.19. The van der Waals surface area contributed by atoms with E-state index in [-0.39, 0.29) is 18.8 Å². The van der Waals surface area contributed by atoms with E-state index in [0.29, 0.717) is 40.0 Å². The lowest BCUT2D eigenvalue weighted by Gasteiger charge is -2.30. The molecule has 3 rings (SSSR count). The molecule has 0 saturated heterocycles. The number of hydrogen-bond donors (Lipinski definition) is 2. The van der Waals surface area contributed by atoms with Crippen molar-refractivity contribution in [2.45, 2.75) is 19.9 Å². The second-order valence-corrected chi connectivity index (χ2v) is 7.17. The number of esters is 1. The smallest absolute Gasteiger partial charge is 0.338 e. The third kappa shape index (κ3) is 5.06. The number of amides is 2. The zero-order valence-corrected chi connectivity index (χ0v) is 18.7. The van der Waals surface area contributed by atoms with Gasteiger partial charge >= 0.3 is 12.0 Å². The fraction of sp³-hybridized carbons (Fsp3) is 0.250. The number of rotatable bonds is 9. The summed E-state index contributed by atoms with van der Waals surface area (Å²) in [6.07, 6.45) is 1.61. The Hall–Kier alpha value is -3.45. The molecule has 32 heavy (non-hydrogen) atoms. The van der Waals surface area contributed by atoms with Gasteiger partial charge < -0.3 is 24.8 Å². The van der Waals surface area contributed by atoms with Crippen molar-refractivity contribution in [1.82, 2.24) is 10.6 Å². The molecule has 1 aliphatic heterocycles. The minimum absolute atomic E-state index is 0.178. The van der Waals surface area contributed by atoms with E-state index in [1.54, 1.807) is 37.3 Å². The number of ether oxygens (including phenoxy) is 3. The van der Waals surface area contributed by atoms with Gasteiger partial charge in [0.15, 0.2) is 11.5 Å². The minimum Gasteiger partial charge on any atom is -0.490 e. The summed E-state index contributed by atoms with van der Waals surface area (Å²) >= 11 is 6.59. The van der Waals surface area contributed by atoms with Crippen LogP contribution in [0.25, 0.3) is 5.70 Å². The Bertz CT molecular complexity index is 1040. The Kier molecular flexibility index (Phi) is 7.78. The van der Waals surface area contributed by atoms with Crippen molar-refractivity contribution in [3.8, 4) is 11.5 Å². The van der Waals surface area contributed by atoms with Crippen LogP contribution < -0.4 is 20.1 Å². The highest BCUT2D eigenvalue weighted by molar-refractivity contribution is 6.31. The predicted molar refractivity (Wildman–Crippen MR) is 123 cm³/mol. The first-order chi connectivity index (χ1) is 15.5. The monoisotopic (exact) mass is 456 g/mol. The normalized spacial score (nSPS) is 15.5. The second-order valence-electron chi connectivity index (χ2n) is 6.76. The highest BCUT2D eigenvalue weighted by Gasteiger charge is 2.36. The van der Waals surface area contributed by atoms with Crippen LogP contribution in [0.2, 0.25) is 5.02 Å². The van der Waals surface area contributed by atoms with Crippen LogP contribution in [-0.4, -0.2) is 31.8 Å². The van der Waals surface area contributed by atoms with Crippen LogP contribution in [0.15, 0.2) is 60.7 Å². The third-order valence-electron chi connectivity index (χ3n) is 4.66. The molecule has 168 valence electrons. The van der Waals surface area contributed by atoms with Crippen LogP contribution in [0.3, 0.4) is 0 Å². The van der Waals surface area contributed by atoms with Gasteiger partial charge in [-0.2, -0.15) is 0 Å². The molecule has 0 fully saturated rings. The number of urea groups is 1. The molecule has 2 aromatic carbocycles. The van der Waals surface area contributed by atoms with E-state index >= 15 is 0 Å². The Morgan fingerprint density at radius 2 is 1.84 bits per heavy atom. The van der Waals surface area contributed by atoms with Gasteiger partial charge in [0.05, 0.1) is 35.5 Å². The first-order valence-corrected chi connectivity index (χ1v) is 10.6. The summed E-state index contributed by atoms with van der Waals surface area (Å²) in [5.41, 5.74) is 1.75. The zero-order chi connectivity index (χ0) is 23.1. The molecule has 2 aromatic rings. The number of benzene rings is 2. The Morgan fingerprint density at radius 3 is 2.50 bits per heavy atom. The average molecular weight is 457 g/mol. The third-order valence-corrected chi connectivity index (χ3v) is 4.99. The fourth-order valence-corrected chi connectivity index (χ4v) is 3.62. The van der Waals surface area contributed by atoms with E-state index in [2.05, 4.69) is 17.2 Å². The summed E-state index contributed by atoms with van der Waals surface area (Å²) in [5.74, 6) is 0.307. The Labute approximate surface area is 192 Å². The number of carbonyl (C=O) groups excluding carboxylic acids is 2. The average Bonchev–Trinajstić information content (AvgIpc) is 2.79. The summed E-state index contributed by atoms with van der Waals surface area (Å²) in [6, 6.07) is 11.0. The molecular formula is C24H25ClN2O5. The Morgan fingerprint density at radius 1 is 1.12 bits per heavy atom. The molecule has 2 amide bonds. The summed E-state index contributed by atoms with van der Waals surface area (Å²) in [6.45, 7) is 8.04. The van der Waals surface area contributed by atoms with Crippen molar-refractivity contribution in [2.24, 2.45) is 0 Å². The van der Waals surface area contributed by atoms with Crippen molar-refractivity contribution in [3.63, 3.8) is 0 Å². The van der Waals surface area contributed by atoms with Gasteiger partial charge in [0.1, 0.15) is 6.61 Å². The van der Waals surface area contributed by atoms with E-state index in [9.17, 15) is 9.59 Å². The molecule has 2 N–H and O–H groups in total. The van der Waals surface area contributed by atoms with E-state index in [0.717, 1.165) is 0 Å². The predicted octanol–water partition coefficient (Wildman–Crippen LogP) is 4.63. The van der Waals surface area contributed by atoms with E-state index in [1.165, 1.54) is 0 Å². The lowest BCUT2D eigenvalue weighted by atomic mass is 9.92. The molecule has 1 aliphatic rings. The maximum absolute atomic E-state index is 13.0. The number of carbonyl (C=O) groups is 2. The van der Waals surface area contributed by atoms with Crippen molar-refractivity contribution in [2.75, 3.05) is 19.8 Å². The number of hydrogen-bond acceptors (Lipinski definition) is 5. The molecule has 0 saturated carbocycles. The summed E-state index contributed by atoms with van der Waals surface area (Å²) in [5, 5.41) is 5.83. The van der Waals surface area contributed by atoms with Crippen LogP contribution in [0.4, 0.5) is 4.79 Å². The van der Waals surface area contributed by atoms with Gasteiger partial charge in [-0.15, -0.1) is 0 Å². The van der Waals surface area contributed by atoms with Crippen molar-refractivity contribution in [3.05, 3.63) is 76.8 Å². The molecular weight excluding hydrogens is 432 g/mol. The zero-order valence-electron chi connectivity index (χ0n) is 17.9. The maximum atomic E-state index is 13.0. The second kappa shape index (κ2) is 10.7. The molecule has 7 nitrogen and oxygen atoms in total. The molecule has 1 heterocycles. The lowest BCUT2D eigenvalue weighted by Crippen LogP contribution is -2.45. The topological polar surface area (TPSA) is 85.9 Å². The van der Waals surface area contributed by atoms with Gasteiger partial charge in [0.2, 0.25) is 0 Å². The summed E-state index contributed by atoms with van der Waals surface area (Å²) in [7, 11) is 0. The van der Waals surface area contributed by atoms with Gasteiger partial charge in [0, 0.05) is 11.6 Å². The summed E-state index contributed by atoms with van der Waals surface area (Å²) in [4.78, 5) is 25.6. The molecule has 0 unspecified atom stereocenters. The van der Waals surface area contributed by atoms with Crippen LogP contribution >= 0.6 is 11.6 Å². The van der Waals surface area contributed by atoms with E-state index in [4.69, 9.17) is 25.8 Å². The van der Waals surface area contributed by atoms with Crippen molar-refractivity contribution in [1.29, 1.82) is 0 Å². The van der Waals surface area contributed by atoms with Crippen LogP contribution in [0, 0.1) is 0 Å². The van der Waals surface area contributed by atoms with Crippen LogP contribution in [0.1, 0.15) is 31.0 Å². The highest BCUT2D eigenvalue weighted by Crippen LogP contribution is 2.41. The number of nitrogens with one attached hydrogen (secondary N) is 2. The molecule has 1 atom stereocenters. The molecule has 8 heteroatoms. The molecule has 0 aliphatic carbocycles. The van der Waals surface area contributed by atoms with Gasteiger partial charge in [-0.25, -0.2) is 9.59 Å². The maximum Gasteiger partial charge on any atom is 0.338 e. The van der Waals surface area contributed by atoms with Crippen molar-refractivity contribution >= 4 is 29.3 Å². The number of halogens is 1. The standard InChI is InChI=1S/C24H25ClN2O5/c1-4-12-32-19-14-17(25)16(13-18(19)30-5-2)22-20(23(28)31-6-3)21(26-24(29)27-22)15-10-8-7-9-11-15/h4,7-11,13-14,22H,1,5-6,12H2,2-3H3,(H2,26,27,29)/t22-/m0/s1. The largest absolute Gasteiger partial charge is 0.490 e. The first-order valence-electron chi connectivity index (χ1n) is 10.2. The van der Waals surface area contributed by atoms with Crippen molar-refractivity contribution < 1.29 is 23.8 Å². The summed E-state index contributed by atoms with van der Waals surface area (Å²) < 4.78 is 16.7. The molecule has 0 aromatic heterocycles. The highest BCUT2D eigenvalue weighted by atomic mass is 35.5. The molecule has 0 spiro atoms. The molecule has 0 radical (unpaired) electrons. The van der Waals surface area contributed by atoms with Gasteiger partial charge in [-0.3, -0.25) is 0 Å². The SMILES string of the molecule is C=CCOc1cc(Cl)c([C@@H]2NC(=O)NC(c3ccccc3)=C2C(=O)OCC)cc1OCC. The minimum atomic E-state index is -0.863. The van der Waals surface area contributed by atoms with Crippen LogP contribution in [-0.2, 0) is 9.53 Å². The van der Waals surface area contributed by atoms with Gasteiger partial charge in [-0.1, -0.05) is 54.6 Å². The van der Waals surface area contributed by atoms with E-state index < -0.39 is 18.0 Å².